The van der Waals surface area contributed by atoms with Gasteiger partial charge in [0.15, 0.2) is 0 Å². The molecule has 5 heteroatoms. The highest BCUT2D eigenvalue weighted by Crippen LogP contribution is 2.18. The van der Waals surface area contributed by atoms with Crippen molar-refractivity contribution in [1.82, 2.24) is 10.2 Å². The summed E-state index contributed by atoms with van der Waals surface area (Å²) in [6.45, 7) is 1.55. The van der Waals surface area contributed by atoms with E-state index in [1.807, 2.05) is 37.4 Å². The van der Waals surface area contributed by atoms with Gasteiger partial charge < -0.3 is 20.1 Å². The molecule has 0 spiro atoms. The van der Waals surface area contributed by atoms with Gasteiger partial charge >= 0.3 is 6.09 Å². The average Bonchev–Trinajstić information content (AvgIpc) is 2.42. The molecule has 0 bridgehead atoms. The van der Waals surface area contributed by atoms with E-state index in [0.29, 0.717) is 26.1 Å². The van der Waals surface area contributed by atoms with Crippen LogP contribution in [0.4, 0.5) is 4.79 Å². The van der Waals surface area contributed by atoms with Gasteiger partial charge in [-0.15, -0.1) is 0 Å². The second-order valence-corrected chi connectivity index (χ2v) is 4.70. The number of amides is 1. The highest BCUT2D eigenvalue weighted by atomic mass is 16.5. The number of benzene rings is 1. The summed E-state index contributed by atoms with van der Waals surface area (Å²) in [5.41, 5.74) is 1.13. The van der Waals surface area contributed by atoms with Crippen molar-refractivity contribution in [3.05, 3.63) is 35.9 Å². The van der Waals surface area contributed by atoms with Gasteiger partial charge in [0, 0.05) is 13.1 Å². The zero-order valence-electron chi connectivity index (χ0n) is 11.1. The highest BCUT2D eigenvalue weighted by molar-refractivity contribution is 5.65. The molecule has 2 unspecified atom stereocenters. The van der Waals surface area contributed by atoms with E-state index < -0.39 is 6.09 Å². The summed E-state index contributed by atoms with van der Waals surface area (Å²) in [7, 11) is 1.85. The van der Waals surface area contributed by atoms with Crippen LogP contribution in [-0.4, -0.2) is 55.0 Å². The molecule has 104 valence electrons. The lowest BCUT2D eigenvalue weighted by Crippen LogP contribution is -2.56. The van der Waals surface area contributed by atoms with Crippen molar-refractivity contribution in [2.24, 2.45) is 0 Å². The molecular weight excluding hydrogens is 244 g/mol. The first kappa shape index (κ1) is 13.8. The van der Waals surface area contributed by atoms with Gasteiger partial charge in [0.05, 0.1) is 18.8 Å². The Balaban J connectivity index is 2.15. The van der Waals surface area contributed by atoms with Gasteiger partial charge in [-0.1, -0.05) is 30.3 Å². The Morgan fingerprint density at radius 3 is 2.84 bits per heavy atom. The number of hydrogen-bond donors (Lipinski definition) is 2. The van der Waals surface area contributed by atoms with Crippen LogP contribution in [0, 0.1) is 0 Å². The molecule has 2 rings (SSSR count). The van der Waals surface area contributed by atoms with Crippen LogP contribution in [0.5, 0.6) is 0 Å². The van der Waals surface area contributed by atoms with Crippen molar-refractivity contribution in [3.8, 4) is 0 Å². The van der Waals surface area contributed by atoms with Crippen LogP contribution in [0.2, 0.25) is 0 Å². The number of carboxylic acid groups (broad SMARTS) is 1. The maximum absolute atomic E-state index is 11.4. The summed E-state index contributed by atoms with van der Waals surface area (Å²) in [5, 5.41) is 12.4. The van der Waals surface area contributed by atoms with Crippen LogP contribution in [0.1, 0.15) is 5.56 Å². The Morgan fingerprint density at radius 1 is 1.47 bits per heavy atom. The zero-order valence-corrected chi connectivity index (χ0v) is 11.1. The molecule has 1 aromatic carbocycles. The Morgan fingerprint density at radius 2 is 2.21 bits per heavy atom. The van der Waals surface area contributed by atoms with E-state index in [1.165, 1.54) is 4.90 Å². The number of carbonyl (C=O) groups is 1. The van der Waals surface area contributed by atoms with Crippen LogP contribution < -0.4 is 5.32 Å². The normalized spacial score (nSPS) is 23.3. The summed E-state index contributed by atoms with van der Waals surface area (Å²) in [6, 6.07) is 9.80. The monoisotopic (exact) mass is 264 g/mol. The number of hydrogen-bond acceptors (Lipinski definition) is 3. The molecular formula is C14H20N2O3. The van der Waals surface area contributed by atoms with Crippen LogP contribution in [0.15, 0.2) is 30.3 Å². The Labute approximate surface area is 113 Å². The molecule has 2 atom stereocenters. The molecule has 0 saturated carbocycles. The molecule has 1 fully saturated rings. The smallest absolute Gasteiger partial charge is 0.407 e. The predicted octanol–water partition coefficient (Wildman–Crippen LogP) is 1.20. The number of rotatable bonds is 4. The molecule has 0 aliphatic carbocycles. The zero-order chi connectivity index (χ0) is 13.7. The Hall–Kier alpha value is -1.59. The first-order chi connectivity index (χ1) is 9.22. The van der Waals surface area contributed by atoms with Gasteiger partial charge in [0.25, 0.3) is 0 Å². The largest absolute Gasteiger partial charge is 0.465 e. The molecule has 0 aromatic heterocycles. The summed E-state index contributed by atoms with van der Waals surface area (Å²) in [6.07, 6.45) is -0.292. The summed E-state index contributed by atoms with van der Waals surface area (Å²) in [4.78, 5) is 12.9. The lowest BCUT2D eigenvalue weighted by molar-refractivity contribution is -0.0586. The second kappa shape index (κ2) is 6.54. The summed E-state index contributed by atoms with van der Waals surface area (Å²) < 4.78 is 5.72. The minimum absolute atomic E-state index is 0.102. The number of ether oxygens (including phenoxy) is 1. The Kier molecular flexibility index (Phi) is 4.76. The second-order valence-electron chi connectivity index (χ2n) is 4.70. The van der Waals surface area contributed by atoms with Crippen molar-refractivity contribution in [2.45, 2.75) is 18.6 Å². The number of morpholine rings is 1. The molecule has 0 radical (unpaired) electrons. The number of nitrogens with zero attached hydrogens (tertiary/aromatic N) is 1. The van der Waals surface area contributed by atoms with Crippen molar-refractivity contribution >= 4 is 6.09 Å². The highest BCUT2D eigenvalue weighted by Gasteiger charge is 2.34. The molecule has 1 aromatic rings. The molecule has 1 saturated heterocycles. The van der Waals surface area contributed by atoms with Crippen LogP contribution >= 0.6 is 0 Å². The van der Waals surface area contributed by atoms with Crippen LogP contribution in [0.3, 0.4) is 0 Å². The molecule has 2 N–H and O–H groups in total. The Bertz CT molecular complexity index is 408. The topological polar surface area (TPSA) is 61.8 Å². The standard InChI is InChI=1S/C14H20N2O3/c1-15-10-13-12(9-11-5-3-2-4-6-11)16(14(17)18)7-8-19-13/h2-6,12-13,15H,7-10H2,1H3,(H,17,18). The SMILES string of the molecule is CNCC1OCCN(C(=O)O)C1Cc1ccccc1. The first-order valence-electron chi connectivity index (χ1n) is 6.52. The van der Waals surface area contributed by atoms with Crippen molar-refractivity contribution in [2.75, 3.05) is 26.7 Å². The van der Waals surface area contributed by atoms with Gasteiger partial charge in [-0.25, -0.2) is 4.79 Å². The minimum atomic E-state index is -0.870. The number of nitrogens with one attached hydrogen (secondary N) is 1. The summed E-state index contributed by atoms with van der Waals surface area (Å²) in [5.74, 6) is 0. The molecule has 1 amide bonds. The molecule has 5 nitrogen and oxygen atoms in total. The van der Waals surface area contributed by atoms with E-state index in [2.05, 4.69) is 5.32 Å². The van der Waals surface area contributed by atoms with Gasteiger partial charge in [-0.2, -0.15) is 0 Å². The fraction of sp³-hybridized carbons (Fsp3) is 0.500. The van der Waals surface area contributed by atoms with E-state index in [0.717, 1.165) is 5.56 Å². The fourth-order valence-corrected chi connectivity index (χ4v) is 2.51. The quantitative estimate of drug-likeness (QED) is 0.857. The molecule has 1 aliphatic rings. The third kappa shape index (κ3) is 3.45. The van der Waals surface area contributed by atoms with Gasteiger partial charge in [0.1, 0.15) is 0 Å². The fourth-order valence-electron chi connectivity index (χ4n) is 2.51. The minimum Gasteiger partial charge on any atom is -0.465 e. The first-order valence-corrected chi connectivity index (χ1v) is 6.52. The number of likely N-dealkylation sites (N-methyl/N-ethyl adjacent to an activating group) is 1. The van der Waals surface area contributed by atoms with Gasteiger partial charge in [-0.3, -0.25) is 0 Å². The molecule has 1 heterocycles. The van der Waals surface area contributed by atoms with Crippen LogP contribution in [0.25, 0.3) is 0 Å². The average molecular weight is 264 g/mol. The molecule has 19 heavy (non-hydrogen) atoms. The van der Waals surface area contributed by atoms with Gasteiger partial charge in [-0.05, 0) is 19.0 Å². The molecule has 1 aliphatic heterocycles. The predicted molar refractivity (Wildman–Crippen MR) is 72.3 cm³/mol. The van der Waals surface area contributed by atoms with Gasteiger partial charge in [0.2, 0.25) is 0 Å². The van der Waals surface area contributed by atoms with E-state index in [1.54, 1.807) is 0 Å². The maximum atomic E-state index is 11.4. The third-order valence-corrected chi connectivity index (χ3v) is 3.43. The lowest BCUT2D eigenvalue weighted by atomic mass is 9.98. The van der Waals surface area contributed by atoms with E-state index in [4.69, 9.17) is 4.74 Å². The third-order valence-electron chi connectivity index (χ3n) is 3.43. The van der Waals surface area contributed by atoms with Crippen molar-refractivity contribution < 1.29 is 14.6 Å². The van der Waals surface area contributed by atoms with E-state index in [9.17, 15) is 9.90 Å². The van der Waals surface area contributed by atoms with Crippen LogP contribution in [-0.2, 0) is 11.2 Å². The summed E-state index contributed by atoms with van der Waals surface area (Å²) >= 11 is 0. The lowest BCUT2D eigenvalue weighted by Gasteiger charge is -2.39. The maximum Gasteiger partial charge on any atom is 0.407 e. The van der Waals surface area contributed by atoms with E-state index >= 15 is 0 Å². The van der Waals surface area contributed by atoms with Crippen molar-refractivity contribution in [1.29, 1.82) is 0 Å². The van der Waals surface area contributed by atoms with E-state index in [-0.39, 0.29) is 12.1 Å². The van der Waals surface area contributed by atoms with Crippen molar-refractivity contribution in [3.63, 3.8) is 0 Å².